The minimum atomic E-state index is -0.0288. The van der Waals surface area contributed by atoms with Gasteiger partial charge in [0.1, 0.15) is 5.69 Å². The smallest absolute Gasteiger partial charge is 0.272 e. The summed E-state index contributed by atoms with van der Waals surface area (Å²) in [6.45, 7) is 6.28. The summed E-state index contributed by atoms with van der Waals surface area (Å²) in [6, 6.07) is 11.7. The lowest BCUT2D eigenvalue weighted by Gasteiger charge is -2.21. The Hall–Kier alpha value is -2.43. The van der Waals surface area contributed by atoms with Crippen molar-refractivity contribution in [2.45, 2.75) is 33.2 Å². The lowest BCUT2D eigenvalue weighted by Crippen LogP contribution is -2.33. The van der Waals surface area contributed by atoms with E-state index in [-0.39, 0.29) is 5.91 Å². The Morgan fingerprint density at radius 1 is 1.09 bits per heavy atom. The second kappa shape index (κ2) is 8.88. The first-order chi connectivity index (χ1) is 11.2. The second-order valence-electron chi connectivity index (χ2n) is 5.40. The van der Waals surface area contributed by atoms with Crippen LogP contribution in [0.3, 0.4) is 0 Å². The second-order valence-corrected chi connectivity index (χ2v) is 5.40. The van der Waals surface area contributed by atoms with Crippen molar-refractivity contribution in [2.24, 2.45) is 0 Å². The van der Waals surface area contributed by atoms with Gasteiger partial charge in [-0.15, -0.1) is 0 Å². The minimum Gasteiger partial charge on any atom is -0.350 e. The summed E-state index contributed by atoms with van der Waals surface area (Å²) in [5.74, 6) is 0.450. The van der Waals surface area contributed by atoms with E-state index >= 15 is 0 Å². The van der Waals surface area contributed by atoms with Gasteiger partial charge in [-0.1, -0.05) is 44.2 Å². The van der Waals surface area contributed by atoms with Crippen LogP contribution in [0.5, 0.6) is 0 Å². The highest BCUT2D eigenvalue weighted by molar-refractivity contribution is 5.92. The van der Waals surface area contributed by atoms with Gasteiger partial charge in [-0.05, 0) is 24.5 Å². The van der Waals surface area contributed by atoms with Crippen LogP contribution in [0.4, 0.5) is 5.95 Å². The predicted octanol–water partition coefficient (Wildman–Crippen LogP) is 3.35. The topological polar surface area (TPSA) is 58.1 Å². The van der Waals surface area contributed by atoms with Crippen LogP contribution in [-0.4, -0.2) is 33.9 Å². The molecule has 0 aliphatic heterocycles. The summed E-state index contributed by atoms with van der Waals surface area (Å²) in [5, 5.41) is 3.17. The van der Waals surface area contributed by atoms with Gasteiger partial charge in [0.05, 0.1) is 0 Å². The quantitative estimate of drug-likeness (QED) is 0.812. The largest absolute Gasteiger partial charge is 0.350 e. The number of anilines is 1. The molecule has 0 saturated heterocycles. The molecule has 1 aromatic heterocycles. The Labute approximate surface area is 137 Å². The Balaban J connectivity index is 2.04. The molecule has 0 fully saturated rings. The fourth-order valence-electron chi connectivity index (χ4n) is 2.36. The number of hydrogen-bond acceptors (Lipinski definition) is 4. The molecule has 1 N–H and O–H groups in total. The van der Waals surface area contributed by atoms with Gasteiger partial charge in [-0.25, -0.2) is 9.97 Å². The lowest BCUT2D eigenvalue weighted by atomic mass is 10.2. The van der Waals surface area contributed by atoms with Crippen molar-refractivity contribution in [2.75, 3.05) is 18.4 Å². The summed E-state index contributed by atoms with van der Waals surface area (Å²) in [5.41, 5.74) is 1.59. The first-order valence-electron chi connectivity index (χ1n) is 8.14. The Morgan fingerprint density at radius 2 is 1.78 bits per heavy atom. The van der Waals surface area contributed by atoms with Crippen molar-refractivity contribution in [3.05, 3.63) is 53.9 Å². The molecule has 0 spiro atoms. The molecule has 2 aromatic rings. The van der Waals surface area contributed by atoms with Crippen molar-refractivity contribution in [3.8, 4) is 0 Å². The third-order valence-electron chi connectivity index (χ3n) is 3.44. The number of amides is 1. The van der Waals surface area contributed by atoms with Gasteiger partial charge in [0.15, 0.2) is 0 Å². The highest BCUT2D eigenvalue weighted by atomic mass is 16.2. The van der Waals surface area contributed by atoms with Crippen LogP contribution in [0.15, 0.2) is 42.6 Å². The third kappa shape index (κ3) is 5.06. The SMILES string of the molecule is CCCN(CCC)C(=O)c1ccnc(NCc2ccccc2)n1. The van der Waals surface area contributed by atoms with Gasteiger partial charge in [0.2, 0.25) is 5.95 Å². The van der Waals surface area contributed by atoms with Crippen LogP contribution in [0, 0.1) is 0 Å². The van der Waals surface area contributed by atoms with Gasteiger partial charge in [-0.2, -0.15) is 0 Å². The third-order valence-corrected chi connectivity index (χ3v) is 3.44. The number of hydrogen-bond donors (Lipinski definition) is 1. The number of benzene rings is 1. The van der Waals surface area contributed by atoms with E-state index in [1.54, 1.807) is 12.3 Å². The van der Waals surface area contributed by atoms with Crippen molar-refractivity contribution in [1.29, 1.82) is 0 Å². The molecule has 1 aromatic carbocycles. The van der Waals surface area contributed by atoms with Gasteiger partial charge < -0.3 is 10.2 Å². The van der Waals surface area contributed by atoms with E-state index in [0.717, 1.165) is 31.5 Å². The number of nitrogens with one attached hydrogen (secondary N) is 1. The van der Waals surface area contributed by atoms with Crippen LogP contribution in [0.1, 0.15) is 42.7 Å². The average Bonchev–Trinajstić information content (AvgIpc) is 2.60. The highest BCUT2D eigenvalue weighted by Gasteiger charge is 2.16. The molecule has 1 heterocycles. The normalized spacial score (nSPS) is 10.3. The molecule has 5 nitrogen and oxygen atoms in total. The molecule has 0 unspecified atom stereocenters. The molecule has 1 amide bonds. The molecule has 0 aliphatic rings. The summed E-state index contributed by atoms with van der Waals surface area (Å²) in [7, 11) is 0. The summed E-state index contributed by atoms with van der Waals surface area (Å²) in [6.07, 6.45) is 3.51. The molecular formula is C18H24N4O. The summed E-state index contributed by atoms with van der Waals surface area (Å²) < 4.78 is 0. The maximum Gasteiger partial charge on any atom is 0.272 e. The standard InChI is InChI=1S/C18H24N4O/c1-3-12-22(13-4-2)17(23)16-10-11-19-18(21-16)20-14-15-8-6-5-7-9-15/h5-11H,3-4,12-14H2,1-2H3,(H,19,20,21). The molecule has 0 aliphatic carbocycles. The van der Waals surface area contributed by atoms with E-state index < -0.39 is 0 Å². The van der Waals surface area contributed by atoms with Crippen LogP contribution in [0.25, 0.3) is 0 Å². The Morgan fingerprint density at radius 3 is 2.43 bits per heavy atom. The zero-order chi connectivity index (χ0) is 16.5. The number of carbonyl (C=O) groups excluding carboxylic acids is 1. The lowest BCUT2D eigenvalue weighted by molar-refractivity contribution is 0.0749. The van der Waals surface area contributed by atoms with E-state index in [9.17, 15) is 4.79 Å². The fourth-order valence-corrected chi connectivity index (χ4v) is 2.36. The molecule has 2 rings (SSSR count). The first-order valence-corrected chi connectivity index (χ1v) is 8.14. The van der Waals surface area contributed by atoms with Crippen molar-refractivity contribution >= 4 is 11.9 Å². The monoisotopic (exact) mass is 312 g/mol. The Kier molecular flexibility index (Phi) is 6.54. The molecule has 5 heteroatoms. The summed E-state index contributed by atoms with van der Waals surface area (Å²) in [4.78, 5) is 23.0. The number of carbonyl (C=O) groups is 1. The van der Waals surface area contributed by atoms with Crippen LogP contribution < -0.4 is 5.32 Å². The van der Waals surface area contributed by atoms with Gasteiger partial charge in [0, 0.05) is 25.8 Å². The van der Waals surface area contributed by atoms with Gasteiger partial charge in [-0.3, -0.25) is 4.79 Å². The number of aromatic nitrogens is 2. The van der Waals surface area contributed by atoms with E-state index in [0.29, 0.717) is 18.2 Å². The van der Waals surface area contributed by atoms with Gasteiger partial charge in [0.25, 0.3) is 5.91 Å². The number of nitrogens with zero attached hydrogens (tertiary/aromatic N) is 3. The van der Waals surface area contributed by atoms with Crippen LogP contribution in [-0.2, 0) is 6.54 Å². The van der Waals surface area contributed by atoms with E-state index in [1.807, 2.05) is 35.2 Å². The molecule has 0 saturated carbocycles. The highest BCUT2D eigenvalue weighted by Crippen LogP contribution is 2.08. The van der Waals surface area contributed by atoms with Gasteiger partial charge >= 0.3 is 0 Å². The Bertz CT molecular complexity index is 609. The average molecular weight is 312 g/mol. The molecule has 0 atom stereocenters. The molecule has 23 heavy (non-hydrogen) atoms. The predicted molar refractivity (Wildman–Crippen MR) is 92.3 cm³/mol. The van der Waals surface area contributed by atoms with Crippen molar-refractivity contribution in [3.63, 3.8) is 0 Å². The van der Waals surface area contributed by atoms with Crippen molar-refractivity contribution < 1.29 is 4.79 Å². The number of rotatable bonds is 8. The maximum absolute atomic E-state index is 12.6. The first kappa shape index (κ1) is 16.9. The fraction of sp³-hybridized carbons (Fsp3) is 0.389. The maximum atomic E-state index is 12.6. The molecule has 122 valence electrons. The van der Waals surface area contributed by atoms with Crippen LogP contribution in [0.2, 0.25) is 0 Å². The van der Waals surface area contributed by atoms with E-state index in [2.05, 4.69) is 29.1 Å². The summed E-state index contributed by atoms with van der Waals surface area (Å²) >= 11 is 0. The molecular weight excluding hydrogens is 288 g/mol. The van der Waals surface area contributed by atoms with E-state index in [1.165, 1.54) is 0 Å². The zero-order valence-corrected chi connectivity index (χ0v) is 13.8. The molecule has 0 radical (unpaired) electrons. The van der Waals surface area contributed by atoms with Crippen LogP contribution >= 0.6 is 0 Å². The van der Waals surface area contributed by atoms with Crippen molar-refractivity contribution in [1.82, 2.24) is 14.9 Å². The minimum absolute atomic E-state index is 0.0288. The molecule has 0 bridgehead atoms. The van der Waals surface area contributed by atoms with E-state index in [4.69, 9.17) is 0 Å². The zero-order valence-electron chi connectivity index (χ0n) is 13.8.